The van der Waals surface area contributed by atoms with Crippen molar-refractivity contribution in [3.63, 3.8) is 0 Å². The predicted octanol–water partition coefficient (Wildman–Crippen LogP) is 4.02. The summed E-state index contributed by atoms with van der Waals surface area (Å²) in [6.45, 7) is 14.9. The molecule has 0 aliphatic heterocycles. The molecule has 114 valence electrons. The maximum atomic E-state index is 4.68. The van der Waals surface area contributed by atoms with Crippen molar-refractivity contribution in [3.05, 3.63) is 11.4 Å². The average molecular weight is 278 g/mol. The number of hydrogen-bond acceptors (Lipinski definition) is 4. The Bertz CT molecular complexity index is 427. The molecular weight excluding hydrogens is 248 g/mol. The van der Waals surface area contributed by atoms with Crippen LogP contribution in [0.15, 0.2) is 0 Å². The molecule has 1 aromatic rings. The number of rotatable bonds is 8. The fourth-order valence-electron chi connectivity index (χ4n) is 1.86. The van der Waals surface area contributed by atoms with Crippen LogP contribution in [0.4, 0.5) is 11.6 Å². The summed E-state index contributed by atoms with van der Waals surface area (Å²) in [4.78, 5) is 9.29. The number of aryl methyl sites for hydroxylation is 1. The Morgan fingerprint density at radius 3 is 2.10 bits per heavy atom. The lowest BCUT2D eigenvalue weighted by Crippen LogP contribution is -2.23. The van der Waals surface area contributed by atoms with Gasteiger partial charge in [0.25, 0.3) is 0 Å². The third kappa shape index (κ3) is 4.66. The van der Waals surface area contributed by atoms with Gasteiger partial charge in [-0.1, -0.05) is 27.7 Å². The number of nitrogens with one attached hydrogen (secondary N) is 2. The first-order chi connectivity index (χ1) is 9.43. The number of aromatic nitrogens is 2. The Balaban J connectivity index is 2.97. The molecule has 0 radical (unpaired) electrons. The van der Waals surface area contributed by atoms with E-state index in [4.69, 9.17) is 0 Å². The van der Waals surface area contributed by atoms with Crippen LogP contribution in [0.2, 0.25) is 0 Å². The lowest BCUT2D eigenvalue weighted by atomic mass is 9.90. The molecule has 1 heterocycles. The molecule has 0 saturated carbocycles. The Kier molecular flexibility index (Phi) is 6.24. The zero-order valence-corrected chi connectivity index (χ0v) is 13.9. The van der Waals surface area contributed by atoms with E-state index in [2.05, 4.69) is 62.1 Å². The number of nitrogens with zero attached hydrogens (tertiary/aromatic N) is 2. The summed E-state index contributed by atoms with van der Waals surface area (Å²) >= 11 is 0. The van der Waals surface area contributed by atoms with Gasteiger partial charge in [-0.25, -0.2) is 9.97 Å². The standard InChI is InChI=1S/C16H30N4/c1-7-10-13-19-14(17-9-3)12(4)15(20-13)18-11-16(5,6)8-2/h7-11H2,1-6H3,(H2,17,18,19,20). The molecule has 0 aliphatic carbocycles. The Morgan fingerprint density at radius 1 is 1.00 bits per heavy atom. The highest BCUT2D eigenvalue weighted by Crippen LogP contribution is 2.24. The first-order valence-corrected chi connectivity index (χ1v) is 7.78. The Morgan fingerprint density at radius 2 is 1.60 bits per heavy atom. The van der Waals surface area contributed by atoms with E-state index in [1.54, 1.807) is 0 Å². The number of anilines is 2. The SMILES string of the molecule is CCCc1nc(NCC)c(C)c(NCC(C)(C)CC)n1. The van der Waals surface area contributed by atoms with E-state index in [1.165, 1.54) is 0 Å². The van der Waals surface area contributed by atoms with Crippen molar-refractivity contribution >= 4 is 11.6 Å². The molecule has 4 nitrogen and oxygen atoms in total. The van der Waals surface area contributed by atoms with E-state index < -0.39 is 0 Å². The fraction of sp³-hybridized carbons (Fsp3) is 0.750. The minimum atomic E-state index is 0.278. The second-order valence-corrected chi connectivity index (χ2v) is 6.11. The summed E-state index contributed by atoms with van der Waals surface area (Å²) in [5.41, 5.74) is 1.39. The van der Waals surface area contributed by atoms with Crippen LogP contribution in [-0.2, 0) is 6.42 Å². The summed E-state index contributed by atoms with van der Waals surface area (Å²) in [5.74, 6) is 2.86. The topological polar surface area (TPSA) is 49.8 Å². The molecule has 1 aromatic heterocycles. The maximum absolute atomic E-state index is 4.68. The van der Waals surface area contributed by atoms with Crippen LogP contribution in [0.1, 0.15) is 58.8 Å². The molecule has 0 fully saturated rings. The van der Waals surface area contributed by atoms with Crippen LogP contribution < -0.4 is 10.6 Å². The second kappa shape index (κ2) is 7.46. The van der Waals surface area contributed by atoms with Crippen LogP contribution in [0.5, 0.6) is 0 Å². The average Bonchev–Trinajstić information content (AvgIpc) is 2.41. The van der Waals surface area contributed by atoms with Crippen LogP contribution in [0.3, 0.4) is 0 Å². The summed E-state index contributed by atoms with van der Waals surface area (Å²) in [6, 6.07) is 0. The Labute approximate surface area is 123 Å². The zero-order chi connectivity index (χ0) is 15.2. The Hall–Kier alpha value is -1.32. The normalized spacial score (nSPS) is 11.5. The molecule has 20 heavy (non-hydrogen) atoms. The quantitative estimate of drug-likeness (QED) is 0.754. The minimum Gasteiger partial charge on any atom is -0.370 e. The smallest absolute Gasteiger partial charge is 0.134 e. The molecule has 0 atom stereocenters. The maximum Gasteiger partial charge on any atom is 0.134 e. The van der Waals surface area contributed by atoms with Crippen molar-refractivity contribution in [2.75, 3.05) is 23.7 Å². The largest absolute Gasteiger partial charge is 0.370 e. The van der Waals surface area contributed by atoms with Gasteiger partial charge in [-0.2, -0.15) is 0 Å². The molecule has 2 N–H and O–H groups in total. The van der Waals surface area contributed by atoms with E-state index in [0.29, 0.717) is 0 Å². The van der Waals surface area contributed by atoms with Crippen molar-refractivity contribution in [2.24, 2.45) is 5.41 Å². The van der Waals surface area contributed by atoms with Crippen molar-refractivity contribution in [2.45, 2.75) is 60.8 Å². The van der Waals surface area contributed by atoms with Crippen LogP contribution >= 0.6 is 0 Å². The van der Waals surface area contributed by atoms with Gasteiger partial charge in [0.1, 0.15) is 17.5 Å². The van der Waals surface area contributed by atoms with E-state index in [-0.39, 0.29) is 5.41 Å². The molecule has 4 heteroatoms. The lowest BCUT2D eigenvalue weighted by molar-refractivity contribution is 0.376. The van der Waals surface area contributed by atoms with Gasteiger partial charge in [0.2, 0.25) is 0 Å². The van der Waals surface area contributed by atoms with Gasteiger partial charge >= 0.3 is 0 Å². The van der Waals surface area contributed by atoms with Crippen molar-refractivity contribution in [3.8, 4) is 0 Å². The van der Waals surface area contributed by atoms with Crippen LogP contribution in [0, 0.1) is 12.3 Å². The van der Waals surface area contributed by atoms with Gasteiger partial charge in [0, 0.05) is 25.1 Å². The van der Waals surface area contributed by atoms with E-state index >= 15 is 0 Å². The van der Waals surface area contributed by atoms with Gasteiger partial charge in [0.05, 0.1) is 0 Å². The molecule has 0 aromatic carbocycles. The van der Waals surface area contributed by atoms with Crippen molar-refractivity contribution in [1.82, 2.24) is 9.97 Å². The summed E-state index contributed by atoms with van der Waals surface area (Å²) in [7, 11) is 0. The molecule has 0 amide bonds. The monoisotopic (exact) mass is 278 g/mol. The van der Waals surface area contributed by atoms with Gasteiger partial charge in [-0.05, 0) is 32.1 Å². The van der Waals surface area contributed by atoms with Crippen molar-refractivity contribution < 1.29 is 0 Å². The highest BCUT2D eigenvalue weighted by atomic mass is 15.1. The highest BCUT2D eigenvalue weighted by molar-refractivity contribution is 5.57. The van der Waals surface area contributed by atoms with E-state index in [0.717, 1.165) is 55.4 Å². The summed E-state index contributed by atoms with van der Waals surface area (Å²) < 4.78 is 0. The van der Waals surface area contributed by atoms with Gasteiger partial charge in [-0.3, -0.25) is 0 Å². The summed E-state index contributed by atoms with van der Waals surface area (Å²) in [5, 5.41) is 6.85. The predicted molar refractivity (Wildman–Crippen MR) is 87.5 cm³/mol. The molecule has 0 saturated heterocycles. The number of hydrogen-bond donors (Lipinski definition) is 2. The molecular formula is C16H30N4. The molecule has 0 aliphatic rings. The third-order valence-electron chi connectivity index (χ3n) is 3.70. The first kappa shape index (κ1) is 16.7. The minimum absolute atomic E-state index is 0.278. The molecule has 1 rings (SSSR count). The van der Waals surface area contributed by atoms with Gasteiger partial charge in [0.15, 0.2) is 0 Å². The second-order valence-electron chi connectivity index (χ2n) is 6.11. The van der Waals surface area contributed by atoms with E-state index in [9.17, 15) is 0 Å². The fourth-order valence-corrected chi connectivity index (χ4v) is 1.86. The summed E-state index contributed by atoms with van der Waals surface area (Å²) in [6.07, 6.45) is 3.13. The van der Waals surface area contributed by atoms with Crippen molar-refractivity contribution in [1.29, 1.82) is 0 Å². The van der Waals surface area contributed by atoms with Gasteiger partial charge < -0.3 is 10.6 Å². The third-order valence-corrected chi connectivity index (χ3v) is 3.70. The molecule has 0 bridgehead atoms. The zero-order valence-electron chi connectivity index (χ0n) is 13.9. The molecule has 0 spiro atoms. The molecule has 0 unspecified atom stereocenters. The van der Waals surface area contributed by atoms with Crippen LogP contribution in [-0.4, -0.2) is 23.1 Å². The lowest BCUT2D eigenvalue weighted by Gasteiger charge is -2.24. The van der Waals surface area contributed by atoms with E-state index in [1.807, 2.05) is 0 Å². The van der Waals surface area contributed by atoms with Crippen LogP contribution in [0.25, 0.3) is 0 Å². The highest BCUT2D eigenvalue weighted by Gasteiger charge is 2.17. The van der Waals surface area contributed by atoms with Gasteiger partial charge in [-0.15, -0.1) is 0 Å². The first-order valence-electron chi connectivity index (χ1n) is 7.78.